The molecule has 6 rings (SSSR count). The Morgan fingerprint density at radius 1 is 1.02 bits per heavy atom. The van der Waals surface area contributed by atoms with E-state index in [1.165, 1.54) is 6.92 Å². The number of carbonyl (C=O) groups excluding carboxylic acids is 3. The molecule has 2 spiro atoms. The summed E-state index contributed by atoms with van der Waals surface area (Å²) in [4.78, 5) is 40.2. The molecule has 5 aliphatic carbocycles. The van der Waals surface area contributed by atoms with Gasteiger partial charge in [0.25, 0.3) is 5.92 Å². The highest BCUT2D eigenvalue weighted by atomic mass is 35.5. The number of carbonyl (C=O) groups is 3. The molecule has 50 heavy (non-hydrogen) atoms. The molecule has 13 atom stereocenters. The summed E-state index contributed by atoms with van der Waals surface area (Å²) in [6.45, 7) is 14.8. The second kappa shape index (κ2) is 11.7. The van der Waals surface area contributed by atoms with E-state index in [2.05, 4.69) is 30.9 Å². The smallest absolute Gasteiger partial charge is 0.328 e. The first-order valence-corrected chi connectivity index (χ1v) is 18.9. The van der Waals surface area contributed by atoms with Crippen LogP contribution >= 0.6 is 11.8 Å². The summed E-state index contributed by atoms with van der Waals surface area (Å²) in [5.41, 5.74) is 0.677. The van der Waals surface area contributed by atoms with Gasteiger partial charge in [-0.3, -0.25) is 9.59 Å². The number of halogens is 3. The third-order valence-corrected chi connectivity index (χ3v) is 15.9. The number of nitrogens with two attached hydrogens (primary N) is 1. The Labute approximate surface area is 299 Å². The van der Waals surface area contributed by atoms with Gasteiger partial charge in [0.2, 0.25) is 11.8 Å². The van der Waals surface area contributed by atoms with Gasteiger partial charge in [0.15, 0.2) is 0 Å². The summed E-state index contributed by atoms with van der Waals surface area (Å²) in [5, 5.41) is 25.4. The lowest BCUT2D eigenvalue weighted by atomic mass is 9.41. The van der Waals surface area contributed by atoms with Gasteiger partial charge in [-0.1, -0.05) is 27.7 Å². The summed E-state index contributed by atoms with van der Waals surface area (Å²) < 4.78 is 44.8. The number of aliphatic hydroxyl groups excluding tert-OH is 1. The highest BCUT2D eigenvalue weighted by molar-refractivity contribution is 6.15. The maximum atomic E-state index is 15.9. The molecule has 2 amide bonds. The van der Waals surface area contributed by atoms with Crippen molar-refractivity contribution < 1.29 is 42.9 Å². The van der Waals surface area contributed by atoms with Gasteiger partial charge in [-0.05, 0) is 118 Å². The fourth-order valence-corrected chi connectivity index (χ4v) is 13.3. The molecule has 1 saturated heterocycles. The van der Waals surface area contributed by atoms with Crippen molar-refractivity contribution in [2.75, 3.05) is 0 Å². The third kappa shape index (κ3) is 5.22. The minimum absolute atomic E-state index is 0.00894. The molecular formula is C37H58ClF2N3O7. The number of aliphatic hydroxyl groups is 2. The predicted molar refractivity (Wildman–Crippen MR) is 181 cm³/mol. The van der Waals surface area contributed by atoms with Crippen molar-refractivity contribution in [2.45, 2.75) is 167 Å². The molecule has 0 aromatic heterocycles. The monoisotopic (exact) mass is 729 g/mol. The van der Waals surface area contributed by atoms with Crippen molar-refractivity contribution in [3.05, 3.63) is 0 Å². The minimum atomic E-state index is -2.97. The quantitative estimate of drug-likeness (QED) is 0.168. The van der Waals surface area contributed by atoms with Gasteiger partial charge in [0.1, 0.15) is 18.2 Å². The predicted octanol–water partition coefficient (Wildman–Crippen LogP) is 4.75. The Balaban J connectivity index is 1.33. The number of amides is 2. The largest absolute Gasteiger partial charge is 0.461 e. The summed E-state index contributed by atoms with van der Waals surface area (Å²) in [5.74, 6) is -6.01. The van der Waals surface area contributed by atoms with Crippen molar-refractivity contribution in [1.29, 1.82) is 0 Å². The van der Waals surface area contributed by atoms with Crippen molar-refractivity contribution in [3.63, 3.8) is 0 Å². The van der Waals surface area contributed by atoms with Crippen LogP contribution in [0.15, 0.2) is 0 Å². The highest BCUT2D eigenvalue weighted by Crippen LogP contribution is 2.90. The van der Waals surface area contributed by atoms with E-state index in [0.717, 1.165) is 19.3 Å². The lowest BCUT2D eigenvalue weighted by molar-refractivity contribution is -0.252. The number of nitrogens with one attached hydrogen (secondary N) is 2. The van der Waals surface area contributed by atoms with Crippen LogP contribution in [0.1, 0.15) is 120 Å². The van der Waals surface area contributed by atoms with Crippen LogP contribution in [0.3, 0.4) is 0 Å². The molecule has 1 heterocycles. The van der Waals surface area contributed by atoms with E-state index < -0.39 is 81.4 Å². The Kier molecular flexibility index (Phi) is 8.92. The van der Waals surface area contributed by atoms with Crippen molar-refractivity contribution in [3.8, 4) is 0 Å². The average molecular weight is 730 g/mol. The second-order valence-electron chi connectivity index (χ2n) is 18.9. The van der Waals surface area contributed by atoms with Gasteiger partial charge >= 0.3 is 5.97 Å². The molecule has 5 saturated carbocycles. The van der Waals surface area contributed by atoms with Crippen LogP contribution in [0, 0.1) is 44.8 Å². The maximum absolute atomic E-state index is 15.9. The van der Waals surface area contributed by atoms with Gasteiger partial charge in [0, 0.05) is 23.7 Å². The Morgan fingerprint density at radius 2 is 1.66 bits per heavy atom. The van der Waals surface area contributed by atoms with Crippen LogP contribution in [-0.2, 0) is 23.9 Å². The van der Waals surface area contributed by atoms with Gasteiger partial charge in [-0.15, -0.1) is 0 Å². The standard InChI is InChI=1S/C37H58ClF2N3O7/c1-19(42-28(46)20(43-38)15-25(41)45)29(47)49-22-16-23-33(7)17-21(44)26(34(8)10-9-24(50-34)31(4,5)48)32(33,6)11-12-35(23)18-36(35)13-14-37(39,40)30(2,3)27(22)36/h19-24,26-27,43-44,48H,9-18H2,1-8H3,(H2,41,45)(H,42,46)/t19-,20-,21-,22-,23-,24-,26-,27-,32+,33-,34-,35-,36+/m0/s1. The zero-order valence-electron chi connectivity index (χ0n) is 30.8. The maximum Gasteiger partial charge on any atom is 0.328 e. The molecule has 0 aromatic rings. The van der Waals surface area contributed by atoms with Gasteiger partial charge in [-0.2, -0.15) is 0 Å². The number of rotatable bonds is 9. The zero-order valence-corrected chi connectivity index (χ0v) is 31.6. The van der Waals surface area contributed by atoms with E-state index in [0.29, 0.717) is 32.1 Å². The van der Waals surface area contributed by atoms with E-state index >= 15 is 8.78 Å². The SMILES string of the molecule is C[C@H](NC(=O)[C@H](CC(N)=O)NCl)C(=O)O[C@H]1C[C@@H]2[C@]3(CC[C@]4(C)[C@@H]([C@]5(C)CC[C@@H](C(C)(C)O)O5)[C@@H](O)C[C@@]24C)C[C@@]32CCC(F)(F)C(C)(C)[C@H]12. The molecule has 0 bridgehead atoms. The first kappa shape index (κ1) is 38.1. The second-order valence-corrected chi connectivity index (χ2v) is 19.1. The number of fused-ring (bicyclic) bond motifs is 2. The van der Waals surface area contributed by atoms with Crippen LogP contribution in [0.4, 0.5) is 8.78 Å². The number of esters is 1. The van der Waals surface area contributed by atoms with E-state index in [-0.39, 0.29) is 41.6 Å². The molecule has 0 aromatic carbocycles. The van der Waals surface area contributed by atoms with Gasteiger partial charge in [0.05, 0.1) is 29.8 Å². The number of primary amides is 1. The van der Waals surface area contributed by atoms with Crippen LogP contribution in [0.5, 0.6) is 0 Å². The van der Waals surface area contributed by atoms with Crippen LogP contribution in [-0.4, -0.2) is 75.5 Å². The molecule has 6 fully saturated rings. The van der Waals surface area contributed by atoms with Crippen molar-refractivity contribution >= 4 is 29.6 Å². The van der Waals surface area contributed by atoms with E-state index in [1.807, 2.05) is 0 Å². The normalized spacial score (nSPS) is 46.7. The lowest BCUT2D eigenvalue weighted by Gasteiger charge is -2.65. The molecule has 10 nitrogen and oxygen atoms in total. The Hall–Kier alpha value is -1.60. The molecule has 6 aliphatic rings. The highest BCUT2D eigenvalue weighted by Gasteiger charge is 2.86. The van der Waals surface area contributed by atoms with Crippen LogP contribution in [0.2, 0.25) is 0 Å². The molecule has 0 radical (unpaired) electrons. The Morgan fingerprint density at radius 3 is 2.24 bits per heavy atom. The van der Waals surface area contributed by atoms with Crippen LogP contribution < -0.4 is 15.9 Å². The van der Waals surface area contributed by atoms with E-state index in [4.69, 9.17) is 27.0 Å². The summed E-state index contributed by atoms with van der Waals surface area (Å²) in [6.07, 6.45) is 2.62. The summed E-state index contributed by atoms with van der Waals surface area (Å²) >= 11 is 5.67. The van der Waals surface area contributed by atoms with Gasteiger partial charge < -0.3 is 30.7 Å². The average Bonchev–Trinajstić information content (AvgIpc) is 3.36. The summed E-state index contributed by atoms with van der Waals surface area (Å²) in [7, 11) is 0. The molecular weight excluding hydrogens is 672 g/mol. The molecule has 1 aliphatic heterocycles. The summed E-state index contributed by atoms with van der Waals surface area (Å²) in [6, 6.07) is -2.32. The van der Waals surface area contributed by atoms with Crippen molar-refractivity contribution in [2.24, 2.45) is 50.6 Å². The van der Waals surface area contributed by atoms with E-state index in [9.17, 15) is 24.6 Å². The number of ether oxygens (including phenoxy) is 2. The fourth-order valence-electron chi connectivity index (χ4n) is 13.1. The fraction of sp³-hybridized carbons (Fsp3) is 0.919. The minimum Gasteiger partial charge on any atom is -0.461 e. The molecule has 0 unspecified atom stereocenters. The number of hydrogen-bond acceptors (Lipinski definition) is 8. The molecule has 6 N–H and O–H groups in total. The molecule has 13 heteroatoms. The van der Waals surface area contributed by atoms with Crippen molar-refractivity contribution in [1.82, 2.24) is 10.2 Å². The third-order valence-electron chi connectivity index (χ3n) is 15.7. The van der Waals surface area contributed by atoms with Crippen LogP contribution in [0.25, 0.3) is 0 Å². The molecule has 284 valence electrons. The lowest BCUT2D eigenvalue weighted by Crippen LogP contribution is -2.64. The first-order valence-electron chi connectivity index (χ1n) is 18.5. The Bertz CT molecular complexity index is 1430. The topological polar surface area (TPSA) is 160 Å². The zero-order chi connectivity index (χ0) is 37.3. The number of alkyl halides is 2. The van der Waals surface area contributed by atoms with E-state index in [1.54, 1.807) is 27.7 Å². The van der Waals surface area contributed by atoms with Gasteiger partial charge in [-0.25, -0.2) is 18.4 Å². The first-order chi connectivity index (χ1) is 22.9. The number of hydrogen-bond donors (Lipinski definition) is 5.